The Morgan fingerprint density at radius 3 is 2.82 bits per heavy atom. The number of nitrogens with one attached hydrogen (secondary N) is 1. The number of rotatable bonds is 2. The maximum Gasteiger partial charge on any atom is 0.275 e. The molecule has 2 fully saturated rings. The Kier molecular flexibility index (Phi) is 3.04. The molecule has 0 bridgehead atoms. The van der Waals surface area contributed by atoms with Gasteiger partial charge in [0, 0.05) is 45.3 Å². The molecule has 6 nitrogen and oxygen atoms in total. The Balaban J connectivity index is 1.52. The molecule has 92 valence electrons. The fourth-order valence-electron chi connectivity index (χ4n) is 2.32. The van der Waals surface area contributed by atoms with E-state index in [1.807, 2.05) is 4.90 Å². The van der Waals surface area contributed by atoms with E-state index in [1.165, 1.54) is 0 Å². The minimum Gasteiger partial charge on any atom is -0.334 e. The first-order valence-electron chi connectivity index (χ1n) is 5.86. The second-order valence-electron chi connectivity index (χ2n) is 4.44. The van der Waals surface area contributed by atoms with E-state index in [2.05, 4.69) is 19.0 Å². The molecule has 0 atom stereocenters. The highest BCUT2D eigenvalue weighted by atomic mass is 32.1. The van der Waals surface area contributed by atoms with Gasteiger partial charge in [-0.05, 0) is 0 Å². The molecule has 7 heteroatoms. The van der Waals surface area contributed by atoms with E-state index in [1.54, 1.807) is 6.20 Å². The SMILES string of the molecule is O=C(c1cnsn1)N1CC(N2CCNCC2)C1. The lowest BCUT2D eigenvalue weighted by atomic mass is 10.1. The predicted octanol–water partition coefficient (Wildman–Crippen LogP) is -0.732. The number of nitrogens with zero attached hydrogens (tertiary/aromatic N) is 4. The molecule has 1 amide bonds. The van der Waals surface area contributed by atoms with Crippen molar-refractivity contribution in [2.24, 2.45) is 0 Å². The molecule has 0 radical (unpaired) electrons. The Morgan fingerprint density at radius 1 is 1.41 bits per heavy atom. The summed E-state index contributed by atoms with van der Waals surface area (Å²) < 4.78 is 7.83. The third-order valence-electron chi connectivity index (χ3n) is 3.40. The van der Waals surface area contributed by atoms with Crippen molar-refractivity contribution in [1.29, 1.82) is 0 Å². The maximum absolute atomic E-state index is 11.9. The van der Waals surface area contributed by atoms with Crippen LogP contribution < -0.4 is 5.32 Å². The van der Waals surface area contributed by atoms with Crippen molar-refractivity contribution in [1.82, 2.24) is 23.9 Å². The Hall–Kier alpha value is -1.05. The normalized spacial score (nSPS) is 22.5. The largest absolute Gasteiger partial charge is 0.334 e. The predicted molar refractivity (Wildman–Crippen MR) is 64.0 cm³/mol. The van der Waals surface area contributed by atoms with Crippen molar-refractivity contribution in [2.75, 3.05) is 39.3 Å². The van der Waals surface area contributed by atoms with Gasteiger partial charge in [0.05, 0.1) is 17.9 Å². The van der Waals surface area contributed by atoms with Gasteiger partial charge in [0.2, 0.25) is 0 Å². The summed E-state index contributed by atoms with van der Waals surface area (Å²) in [6.07, 6.45) is 1.55. The first-order valence-corrected chi connectivity index (χ1v) is 6.59. The number of hydrogen-bond donors (Lipinski definition) is 1. The highest BCUT2D eigenvalue weighted by molar-refractivity contribution is 6.99. The summed E-state index contributed by atoms with van der Waals surface area (Å²) in [5, 5.41) is 3.34. The lowest BCUT2D eigenvalue weighted by Crippen LogP contribution is -2.63. The van der Waals surface area contributed by atoms with Gasteiger partial charge in [-0.2, -0.15) is 8.75 Å². The summed E-state index contributed by atoms with van der Waals surface area (Å²) >= 11 is 1.08. The second kappa shape index (κ2) is 4.67. The van der Waals surface area contributed by atoms with Crippen molar-refractivity contribution >= 4 is 17.6 Å². The number of piperazine rings is 1. The molecule has 17 heavy (non-hydrogen) atoms. The van der Waals surface area contributed by atoms with Crippen molar-refractivity contribution in [2.45, 2.75) is 6.04 Å². The quantitative estimate of drug-likeness (QED) is 0.753. The van der Waals surface area contributed by atoms with Gasteiger partial charge in [-0.25, -0.2) is 0 Å². The Labute approximate surface area is 104 Å². The molecule has 0 aliphatic carbocycles. The van der Waals surface area contributed by atoms with Crippen LogP contribution in [0.5, 0.6) is 0 Å². The zero-order chi connectivity index (χ0) is 11.7. The minimum atomic E-state index is 0.0186. The summed E-state index contributed by atoms with van der Waals surface area (Å²) in [6.45, 7) is 5.95. The lowest BCUT2D eigenvalue weighted by Gasteiger charge is -2.46. The van der Waals surface area contributed by atoms with Gasteiger partial charge in [0.15, 0.2) is 5.69 Å². The van der Waals surface area contributed by atoms with Gasteiger partial charge >= 0.3 is 0 Å². The Morgan fingerprint density at radius 2 is 2.18 bits per heavy atom. The van der Waals surface area contributed by atoms with E-state index in [-0.39, 0.29) is 5.91 Å². The van der Waals surface area contributed by atoms with Crippen LogP contribution in [0.4, 0.5) is 0 Å². The van der Waals surface area contributed by atoms with E-state index in [4.69, 9.17) is 0 Å². The monoisotopic (exact) mass is 253 g/mol. The molecule has 0 unspecified atom stereocenters. The molecule has 2 aliphatic heterocycles. The summed E-state index contributed by atoms with van der Waals surface area (Å²) in [5.74, 6) is 0.0186. The zero-order valence-corrected chi connectivity index (χ0v) is 10.3. The zero-order valence-electron chi connectivity index (χ0n) is 9.50. The number of aromatic nitrogens is 2. The minimum absolute atomic E-state index is 0.0186. The van der Waals surface area contributed by atoms with Crippen molar-refractivity contribution in [3.63, 3.8) is 0 Å². The van der Waals surface area contributed by atoms with Crippen molar-refractivity contribution < 1.29 is 4.79 Å². The topological polar surface area (TPSA) is 61.4 Å². The standard InChI is InChI=1S/C10H15N5OS/c16-10(9-5-12-17-13-9)15-6-8(7-15)14-3-1-11-2-4-14/h5,8,11H,1-4,6-7H2. The summed E-state index contributed by atoms with van der Waals surface area (Å²) in [7, 11) is 0. The molecule has 0 aromatic carbocycles. The van der Waals surface area contributed by atoms with Crippen LogP contribution in [-0.4, -0.2) is 69.8 Å². The van der Waals surface area contributed by atoms with Gasteiger partial charge < -0.3 is 10.2 Å². The van der Waals surface area contributed by atoms with Crippen molar-refractivity contribution in [3.8, 4) is 0 Å². The molecule has 2 aliphatic rings. The molecule has 0 saturated carbocycles. The number of carbonyl (C=O) groups is 1. The van der Waals surface area contributed by atoms with E-state index in [9.17, 15) is 4.79 Å². The summed E-state index contributed by atoms with van der Waals surface area (Å²) in [6, 6.07) is 0.535. The van der Waals surface area contributed by atoms with Crippen LogP contribution in [0.25, 0.3) is 0 Å². The fourth-order valence-corrected chi connectivity index (χ4v) is 2.73. The molecule has 1 aromatic heterocycles. The number of likely N-dealkylation sites (tertiary alicyclic amines) is 1. The van der Waals surface area contributed by atoms with E-state index >= 15 is 0 Å². The van der Waals surface area contributed by atoms with Gasteiger partial charge in [-0.3, -0.25) is 9.69 Å². The molecular formula is C10H15N5OS. The maximum atomic E-state index is 11.9. The number of amides is 1. The van der Waals surface area contributed by atoms with E-state index < -0.39 is 0 Å². The van der Waals surface area contributed by atoms with Crippen LogP contribution in [0.2, 0.25) is 0 Å². The summed E-state index contributed by atoms with van der Waals surface area (Å²) in [5.41, 5.74) is 0.480. The molecule has 3 rings (SSSR count). The van der Waals surface area contributed by atoms with Crippen LogP contribution >= 0.6 is 11.7 Å². The average molecular weight is 253 g/mol. The van der Waals surface area contributed by atoms with Crippen LogP contribution in [-0.2, 0) is 0 Å². The van der Waals surface area contributed by atoms with Crippen molar-refractivity contribution in [3.05, 3.63) is 11.9 Å². The van der Waals surface area contributed by atoms with Crippen LogP contribution in [0, 0.1) is 0 Å². The van der Waals surface area contributed by atoms with Gasteiger partial charge in [0.25, 0.3) is 5.91 Å². The Bertz CT molecular complexity index is 383. The lowest BCUT2D eigenvalue weighted by molar-refractivity contribution is 0.0223. The molecule has 2 saturated heterocycles. The van der Waals surface area contributed by atoms with Gasteiger partial charge in [0.1, 0.15) is 0 Å². The third kappa shape index (κ3) is 2.18. The molecule has 1 N–H and O–H groups in total. The van der Waals surface area contributed by atoms with Crippen LogP contribution in [0.3, 0.4) is 0 Å². The number of carbonyl (C=O) groups excluding carboxylic acids is 1. The molecule has 1 aromatic rings. The average Bonchev–Trinajstić information content (AvgIpc) is 2.81. The van der Waals surface area contributed by atoms with Gasteiger partial charge in [-0.15, -0.1) is 0 Å². The van der Waals surface area contributed by atoms with Gasteiger partial charge in [-0.1, -0.05) is 0 Å². The fraction of sp³-hybridized carbons (Fsp3) is 0.700. The molecule has 0 spiro atoms. The first kappa shape index (κ1) is 11.1. The summed E-state index contributed by atoms with van der Waals surface area (Å²) in [4.78, 5) is 16.2. The van der Waals surface area contributed by atoms with Crippen LogP contribution in [0.15, 0.2) is 6.20 Å². The highest BCUT2D eigenvalue weighted by Gasteiger charge is 2.36. The highest BCUT2D eigenvalue weighted by Crippen LogP contribution is 2.17. The van der Waals surface area contributed by atoms with Crippen LogP contribution in [0.1, 0.15) is 10.5 Å². The van der Waals surface area contributed by atoms with E-state index in [0.717, 1.165) is 51.0 Å². The van der Waals surface area contributed by atoms with E-state index in [0.29, 0.717) is 11.7 Å². The second-order valence-corrected chi connectivity index (χ2v) is 5.00. The molecule has 3 heterocycles. The number of hydrogen-bond acceptors (Lipinski definition) is 6. The molecular weight excluding hydrogens is 238 g/mol. The smallest absolute Gasteiger partial charge is 0.275 e. The third-order valence-corrected chi connectivity index (χ3v) is 3.88. The first-order chi connectivity index (χ1) is 8.34.